The van der Waals surface area contributed by atoms with Crippen LogP contribution in [0.2, 0.25) is 0 Å². The fourth-order valence-corrected chi connectivity index (χ4v) is 3.91. The van der Waals surface area contributed by atoms with Crippen LogP contribution in [-0.4, -0.2) is 40.1 Å². The Morgan fingerprint density at radius 1 is 1.10 bits per heavy atom. The molecule has 3 aromatic rings. The normalized spacial score (nSPS) is 11.0. The van der Waals surface area contributed by atoms with Gasteiger partial charge in [-0.25, -0.2) is 0 Å². The van der Waals surface area contributed by atoms with E-state index in [-0.39, 0.29) is 5.91 Å². The molecule has 164 valence electrons. The number of benzene rings is 2. The number of carbonyl (C=O) groups excluding carboxylic acids is 1. The number of aryl methyl sites for hydroxylation is 1. The number of hydrogen-bond donors (Lipinski definition) is 1. The van der Waals surface area contributed by atoms with E-state index in [4.69, 9.17) is 4.74 Å². The lowest BCUT2D eigenvalue weighted by atomic mass is 10.1. The number of aromatic nitrogens is 3. The van der Waals surface area contributed by atoms with E-state index < -0.39 is 0 Å². The summed E-state index contributed by atoms with van der Waals surface area (Å²) in [6.45, 7) is 6.97. The van der Waals surface area contributed by atoms with Gasteiger partial charge in [-0.2, -0.15) is 0 Å². The Labute approximate surface area is 188 Å². The number of hydrogen-bond acceptors (Lipinski definition) is 5. The maximum atomic E-state index is 12.0. The molecule has 1 N–H and O–H groups in total. The molecule has 0 bridgehead atoms. The summed E-state index contributed by atoms with van der Waals surface area (Å²) in [4.78, 5) is 12.0. The third-order valence-corrected chi connectivity index (χ3v) is 5.78. The molecule has 0 saturated heterocycles. The molecular weight excluding hydrogens is 408 g/mol. The zero-order chi connectivity index (χ0) is 22.2. The molecule has 1 heterocycles. The third-order valence-electron chi connectivity index (χ3n) is 4.76. The van der Waals surface area contributed by atoms with Crippen molar-refractivity contribution in [3.63, 3.8) is 0 Å². The number of rotatable bonds is 10. The van der Waals surface area contributed by atoms with Gasteiger partial charge in [-0.05, 0) is 43.5 Å². The molecule has 1 amide bonds. The number of amides is 1. The molecule has 6 nitrogen and oxygen atoms in total. The van der Waals surface area contributed by atoms with Gasteiger partial charge in [0.1, 0.15) is 5.75 Å². The summed E-state index contributed by atoms with van der Waals surface area (Å²) in [6, 6.07) is 16.1. The second-order valence-corrected chi connectivity index (χ2v) is 8.92. The first kappa shape index (κ1) is 22.9. The predicted octanol–water partition coefficient (Wildman–Crippen LogP) is 4.90. The van der Waals surface area contributed by atoms with Crippen LogP contribution in [-0.2, 0) is 4.79 Å². The van der Waals surface area contributed by atoms with Crippen molar-refractivity contribution in [3.05, 3.63) is 54.1 Å². The van der Waals surface area contributed by atoms with Crippen molar-refractivity contribution in [3.8, 4) is 22.8 Å². The van der Waals surface area contributed by atoms with Crippen molar-refractivity contribution in [1.29, 1.82) is 0 Å². The van der Waals surface area contributed by atoms with Crippen LogP contribution in [0, 0.1) is 12.8 Å². The zero-order valence-electron chi connectivity index (χ0n) is 18.6. The van der Waals surface area contributed by atoms with E-state index >= 15 is 0 Å². The summed E-state index contributed by atoms with van der Waals surface area (Å²) in [5.74, 6) is 2.95. The maximum absolute atomic E-state index is 12.0. The monoisotopic (exact) mass is 438 g/mol. The van der Waals surface area contributed by atoms with Crippen LogP contribution >= 0.6 is 11.8 Å². The van der Waals surface area contributed by atoms with E-state index in [2.05, 4.69) is 65.1 Å². The molecule has 1 aromatic heterocycles. The molecule has 2 aromatic carbocycles. The molecule has 0 atom stereocenters. The summed E-state index contributed by atoms with van der Waals surface area (Å²) in [6.07, 6.45) is 1.30. The molecule has 0 aliphatic carbocycles. The van der Waals surface area contributed by atoms with Gasteiger partial charge in [-0.1, -0.05) is 55.4 Å². The standard InChI is InChI=1S/C24H30N4O2S/c1-17(2)16-25-22(29)6-5-15-31-24-27-26-23(19-9-7-18(3)8-10-19)28(24)20-11-13-21(30-4)14-12-20/h7-14,17H,5-6,15-16H2,1-4H3,(H,25,29). The number of methoxy groups -OCH3 is 1. The molecule has 0 unspecified atom stereocenters. The van der Waals surface area contributed by atoms with Gasteiger partial charge in [-0.3, -0.25) is 9.36 Å². The molecule has 0 fully saturated rings. The summed E-state index contributed by atoms with van der Waals surface area (Å²) >= 11 is 1.61. The minimum atomic E-state index is 0.103. The molecule has 0 saturated carbocycles. The van der Waals surface area contributed by atoms with Crippen molar-refractivity contribution < 1.29 is 9.53 Å². The van der Waals surface area contributed by atoms with Crippen molar-refractivity contribution in [2.24, 2.45) is 5.92 Å². The second-order valence-electron chi connectivity index (χ2n) is 7.86. The number of ether oxygens (including phenoxy) is 1. The van der Waals surface area contributed by atoms with E-state index in [1.807, 2.05) is 24.3 Å². The third kappa shape index (κ3) is 6.34. The van der Waals surface area contributed by atoms with Crippen molar-refractivity contribution >= 4 is 17.7 Å². The summed E-state index contributed by atoms with van der Waals surface area (Å²) in [5.41, 5.74) is 3.18. The Hall–Kier alpha value is -2.80. The van der Waals surface area contributed by atoms with Crippen LogP contribution in [0.25, 0.3) is 17.1 Å². The number of nitrogens with zero attached hydrogens (tertiary/aromatic N) is 3. The first-order chi connectivity index (χ1) is 15.0. The van der Waals surface area contributed by atoms with Gasteiger partial charge in [0.25, 0.3) is 0 Å². The van der Waals surface area contributed by atoms with Gasteiger partial charge < -0.3 is 10.1 Å². The minimum absolute atomic E-state index is 0.103. The Morgan fingerprint density at radius 2 is 1.81 bits per heavy atom. The highest BCUT2D eigenvalue weighted by Gasteiger charge is 2.16. The molecule has 0 spiro atoms. The van der Waals surface area contributed by atoms with Gasteiger partial charge >= 0.3 is 0 Å². The van der Waals surface area contributed by atoms with E-state index in [1.165, 1.54) is 5.56 Å². The van der Waals surface area contributed by atoms with E-state index in [1.54, 1.807) is 18.9 Å². The fraction of sp³-hybridized carbons (Fsp3) is 0.375. The van der Waals surface area contributed by atoms with Crippen LogP contribution < -0.4 is 10.1 Å². The molecule has 0 aliphatic heterocycles. The molecule has 0 aliphatic rings. The first-order valence-electron chi connectivity index (χ1n) is 10.5. The number of nitrogens with one attached hydrogen (secondary N) is 1. The highest BCUT2D eigenvalue weighted by Crippen LogP contribution is 2.29. The van der Waals surface area contributed by atoms with Crippen LogP contribution in [0.5, 0.6) is 5.75 Å². The van der Waals surface area contributed by atoms with Crippen molar-refractivity contribution in [2.75, 3.05) is 19.4 Å². The summed E-state index contributed by atoms with van der Waals surface area (Å²) < 4.78 is 7.36. The lowest BCUT2D eigenvalue weighted by Gasteiger charge is -2.11. The van der Waals surface area contributed by atoms with Crippen molar-refractivity contribution in [1.82, 2.24) is 20.1 Å². The van der Waals surface area contributed by atoms with E-state index in [0.717, 1.165) is 46.7 Å². The summed E-state index contributed by atoms with van der Waals surface area (Å²) in [7, 11) is 1.66. The number of carbonyl (C=O) groups is 1. The SMILES string of the molecule is COc1ccc(-n2c(SCCCC(=O)NCC(C)C)nnc2-c2ccc(C)cc2)cc1. The highest BCUT2D eigenvalue weighted by molar-refractivity contribution is 7.99. The van der Waals surface area contributed by atoms with Gasteiger partial charge in [0.2, 0.25) is 5.91 Å². The average Bonchev–Trinajstić information content (AvgIpc) is 3.19. The van der Waals surface area contributed by atoms with Crippen LogP contribution in [0.15, 0.2) is 53.7 Å². The number of thioether (sulfide) groups is 1. The van der Waals surface area contributed by atoms with Gasteiger partial charge in [0, 0.05) is 30.0 Å². The smallest absolute Gasteiger partial charge is 0.220 e. The second kappa shape index (κ2) is 11.0. The predicted molar refractivity (Wildman–Crippen MR) is 126 cm³/mol. The zero-order valence-corrected chi connectivity index (χ0v) is 19.4. The maximum Gasteiger partial charge on any atom is 0.220 e. The quantitative estimate of drug-likeness (QED) is 0.360. The molecule has 3 rings (SSSR count). The Balaban J connectivity index is 1.76. The lowest BCUT2D eigenvalue weighted by Crippen LogP contribution is -2.27. The first-order valence-corrected chi connectivity index (χ1v) is 11.5. The molecule has 31 heavy (non-hydrogen) atoms. The Morgan fingerprint density at radius 3 is 2.45 bits per heavy atom. The Bertz CT molecular complexity index is 982. The Kier molecular flexibility index (Phi) is 8.12. The van der Waals surface area contributed by atoms with Gasteiger partial charge in [-0.15, -0.1) is 10.2 Å². The fourth-order valence-electron chi connectivity index (χ4n) is 3.02. The van der Waals surface area contributed by atoms with Crippen molar-refractivity contribution in [2.45, 2.75) is 38.8 Å². The minimum Gasteiger partial charge on any atom is -0.497 e. The molecule has 0 radical (unpaired) electrons. The molecule has 7 heteroatoms. The van der Waals surface area contributed by atoms with Crippen LogP contribution in [0.3, 0.4) is 0 Å². The van der Waals surface area contributed by atoms with Gasteiger partial charge in [0.05, 0.1) is 7.11 Å². The largest absolute Gasteiger partial charge is 0.497 e. The van der Waals surface area contributed by atoms with Crippen LogP contribution in [0.4, 0.5) is 0 Å². The lowest BCUT2D eigenvalue weighted by molar-refractivity contribution is -0.121. The summed E-state index contributed by atoms with van der Waals surface area (Å²) in [5, 5.41) is 12.7. The highest BCUT2D eigenvalue weighted by atomic mass is 32.2. The van der Waals surface area contributed by atoms with E-state index in [0.29, 0.717) is 12.3 Å². The average molecular weight is 439 g/mol. The topological polar surface area (TPSA) is 69.0 Å². The van der Waals surface area contributed by atoms with Crippen LogP contribution in [0.1, 0.15) is 32.3 Å². The molecular formula is C24H30N4O2S. The van der Waals surface area contributed by atoms with E-state index in [9.17, 15) is 4.79 Å². The van der Waals surface area contributed by atoms with Gasteiger partial charge in [0.15, 0.2) is 11.0 Å².